The second-order valence-electron chi connectivity index (χ2n) is 14.1. The number of carbonyl (C=O) groups is 1. The van der Waals surface area contributed by atoms with Crippen LogP contribution in [0.4, 0.5) is 0 Å². The SMILES string of the molecule is C=C1CC[C@]2(C(=O)O)CC[C@]3(C)C(=CCC4[C@@]5(C)CC(O)C(O)[C@@](C)(CO)C5CC[C@]43C)C2C1C. The van der Waals surface area contributed by atoms with Gasteiger partial charge in [0, 0.05) is 11.3 Å². The van der Waals surface area contributed by atoms with Crippen LogP contribution in [0.1, 0.15) is 86.0 Å². The molecule has 4 fully saturated rings. The molecule has 0 spiro atoms. The molecule has 6 unspecified atom stereocenters. The molecule has 5 heteroatoms. The van der Waals surface area contributed by atoms with E-state index in [0.29, 0.717) is 25.2 Å². The first-order valence-electron chi connectivity index (χ1n) is 13.8. The fourth-order valence-corrected chi connectivity index (χ4v) is 10.7. The highest BCUT2D eigenvalue weighted by molar-refractivity contribution is 5.77. The smallest absolute Gasteiger partial charge is 0.310 e. The fraction of sp³-hybridized carbons (Fsp3) is 0.833. The molecule has 5 rings (SSSR count). The van der Waals surface area contributed by atoms with Crippen molar-refractivity contribution in [1.82, 2.24) is 0 Å². The molecule has 0 aliphatic heterocycles. The Morgan fingerprint density at radius 1 is 1.09 bits per heavy atom. The molecular weight excluding hydrogens is 440 g/mol. The largest absolute Gasteiger partial charge is 0.481 e. The Morgan fingerprint density at radius 3 is 2.40 bits per heavy atom. The zero-order valence-electron chi connectivity index (χ0n) is 22.3. The first-order chi connectivity index (χ1) is 16.2. The minimum atomic E-state index is -0.917. The van der Waals surface area contributed by atoms with Crippen molar-refractivity contribution in [3.8, 4) is 0 Å². The Labute approximate surface area is 210 Å². The van der Waals surface area contributed by atoms with E-state index in [9.17, 15) is 25.2 Å². The number of hydrogen-bond donors (Lipinski definition) is 4. The van der Waals surface area contributed by atoms with Gasteiger partial charge in [0.15, 0.2) is 0 Å². The van der Waals surface area contributed by atoms with Crippen molar-refractivity contribution in [2.45, 2.75) is 98.2 Å². The van der Waals surface area contributed by atoms with E-state index in [1.54, 1.807) is 0 Å². The van der Waals surface area contributed by atoms with Gasteiger partial charge in [0.1, 0.15) is 0 Å². The highest BCUT2D eigenvalue weighted by atomic mass is 16.4. The maximum absolute atomic E-state index is 12.8. The van der Waals surface area contributed by atoms with Gasteiger partial charge in [0.25, 0.3) is 0 Å². The summed E-state index contributed by atoms with van der Waals surface area (Å²) in [6.45, 7) is 15.5. The second-order valence-corrected chi connectivity index (χ2v) is 14.1. The number of carboxylic acids is 1. The number of aliphatic hydroxyl groups excluding tert-OH is 3. The van der Waals surface area contributed by atoms with Gasteiger partial charge in [-0.1, -0.05) is 58.4 Å². The third-order valence-electron chi connectivity index (χ3n) is 13.1. The molecule has 0 heterocycles. The summed E-state index contributed by atoms with van der Waals surface area (Å²) < 4.78 is 0. The van der Waals surface area contributed by atoms with Crippen molar-refractivity contribution in [2.75, 3.05) is 6.61 Å². The van der Waals surface area contributed by atoms with Crippen molar-refractivity contribution in [1.29, 1.82) is 0 Å². The van der Waals surface area contributed by atoms with Crippen LogP contribution in [0.25, 0.3) is 0 Å². The normalized spacial score (nSPS) is 55.7. The molecule has 0 aromatic heterocycles. The first-order valence-corrected chi connectivity index (χ1v) is 13.8. The summed E-state index contributed by atoms with van der Waals surface area (Å²) in [5.74, 6) is -0.0668. The van der Waals surface area contributed by atoms with Crippen molar-refractivity contribution in [3.63, 3.8) is 0 Å². The molecule has 0 amide bonds. The van der Waals surface area contributed by atoms with E-state index in [-0.39, 0.29) is 40.6 Å². The van der Waals surface area contributed by atoms with Gasteiger partial charge in [-0.05, 0) is 85.4 Å². The zero-order valence-corrected chi connectivity index (χ0v) is 22.3. The molecule has 0 aromatic rings. The predicted octanol–water partition coefficient (Wildman–Crippen LogP) is 4.95. The topological polar surface area (TPSA) is 98.0 Å². The average Bonchev–Trinajstić information content (AvgIpc) is 2.80. The van der Waals surface area contributed by atoms with Crippen LogP contribution in [-0.4, -0.2) is 45.2 Å². The molecule has 4 saturated carbocycles. The Morgan fingerprint density at radius 2 is 1.77 bits per heavy atom. The van der Waals surface area contributed by atoms with Crippen LogP contribution in [0, 0.1) is 50.7 Å². The first kappa shape index (κ1) is 25.5. The number of rotatable bonds is 2. The lowest BCUT2D eigenvalue weighted by Crippen LogP contribution is -2.68. The van der Waals surface area contributed by atoms with Gasteiger partial charge in [0.2, 0.25) is 0 Å². The lowest BCUT2D eigenvalue weighted by molar-refractivity contribution is -0.243. The summed E-state index contributed by atoms with van der Waals surface area (Å²) in [7, 11) is 0. The van der Waals surface area contributed by atoms with Crippen LogP contribution in [0.5, 0.6) is 0 Å². The van der Waals surface area contributed by atoms with Gasteiger partial charge in [-0.2, -0.15) is 0 Å². The Bertz CT molecular complexity index is 972. The second kappa shape index (κ2) is 7.68. The number of hydrogen-bond acceptors (Lipinski definition) is 4. The monoisotopic (exact) mass is 486 g/mol. The summed E-state index contributed by atoms with van der Waals surface area (Å²) >= 11 is 0. The number of aliphatic hydroxyl groups is 3. The van der Waals surface area contributed by atoms with Crippen LogP contribution in [0.2, 0.25) is 0 Å². The lowest BCUT2D eigenvalue weighted by Gasteiger charge is -2.71. The van der Waals surface area contributed by atoms with Crippen molar-refractivity contribution < 1.29 is 25.2 Å². The van der Waals surface area contributed by atoms with E-state index in [1.165, 1.54) is 11.1 Å². The molecule has 35 heavy (non-hydrogen) atoms. The Hall–Kier alpha value is -1.17. The molecule has 5 nitrogen and oxygen atoms in total. The number of allylic oxidation sites excluding steroid dienone is 3. The van der Waals surface area contributed by atoms with Crippen LogP contribution < -0.4 is 0 Å². The van der Waals surface area contributed by atoms with Crippen molar-refractivity contribution in [3.05, 3.63) is 23.8 Å². The molecular formula is C30H46O5. The molecule has 0 aromatic carbocycles. The van der Waals surface area contributed by atoms with Gasteiger partial charge in [0.05, 0.1) is 24.2 Å². The van der Waals surface area contributed by atoms with Gasteiger partial charge < -0.3 is 20.4 Å². The van der Waals surface area contributed by atoms with E-state index < -0.39 is 29.0 Å². The average molecular weight is 487 g/mol. The van der Waals surface area contributed by atoms with E-state index in [4.69, 9.17) is 0 Å². The lowest BCUT2D eigenvalue weighted by atomic mass is 9.33. The van der Waals surface area contributed by atoms with Crippen LogP contribution in [0.15, 0.2) is 23.8 Å². The van der Waals surface area contributed by atoms with Gasteiger partial charge in [-0.25, -0.2) is 0 Å². The summed E-state index contributed by atoms with van der Waals surface area (Å²) in [4.78, 5) is 12.8. The van der Waals surface area contributed by atoms with E-state index >= 15 is 0 Å². The van der Waals surface area contributed by atoms with Gasteiger partial charge in [-0.15, -0.1) is 0 Å². The van der Waals surface area contributed by atoms with Crippen molar-refractivity contribution >= 4 is 5.97 Å². The third kappa shape index (κ3) is 2.89. The third-order valence-corrected chi connectivity index (χ3v) is 13.1. The van der Waals surface area contributed by atoms with Gasteiger partial charge >= 0.3 is 5.97 Å². The highest BCUT2D eigenvalue weighted by Crippen LogP contribution is 2.75. The molecule has 4 N–H and O–H groups in total. The Balaban J connectivity index is 1.63. The number of fused-ring (bicyclic) bond motifs is 7. The molecule has 196 valence electrons. The summed E-state index contributed by atoms with van der Waals surface area (Å²) in [6, 6.07) is 0. The predicted molar refractivity (Wildman–Crippen MR) is 135 cm³/mol. The van der Waals surface area contributed by atoms with E-state index in [1.807, 2.05) is 6.92 Å². The quantitative estimate of drug-likeness (QED) is 0.414. The minimum absolute atomic E-state index is 0.00946. The maximum atomic E-state index is 12.8. The molecule has 11 atom stereocenters. The van der Waals surface area contributed by atoms with E-state index in [2.05, 4.69) is 40.3 Å². The molecule has 0 saturated heterocycles. The molecule has 0 radical (unpaired) electrons. The minimum Gasteiger partial charge on any atom is -0.481 e. The van der Waals surface area contributed by atoms with Crippen molar-refractivity contribution in [2.24, 2.45) is 50.7 Å². The molecule has 5 aliphatic rings. The Kier molecular flexibility index (Phi) is 5.59. The standard InChI is InChI=1S/C30H46O5/c1-17-9-12-30(25(34)35)14-13-28(5)19(23(30)18(17)2)7-8-22-26(3)15-20(32)24(33)27(4,16-31)21(26)10-11-29(22,28)6/h7,18,20-24,31-33H,1,8-16H2,2-6H3,(H,34,35)/t18?,20?,21?,22?,23?,24?,26-,27-,28+,29+,30-/m0/s1. The fourth-order valence-electron chi connectivity index (χ4n) is 10.7. The summed E-state index contributed by atoms with van der Waals surface area (Å²) in [5.41, 5.74) is 0.748. The number of carboxylic acid groups (broad SMARTS) is 1. The molecule has 0 bridgehead atoms. The van der Waals surface area contributed by atoms with Crippen LogP contribution in [-0.2, 0) is 4.79 Å². The zero-order chi connectivity index (χ0) is 25.8. The summed E-state index contributed by atoms with van der Waals surface area (Å²) in [6.07, 6.45) is 7.00. The van der Waals surface area contributed by atoms with E-state index in [0.717, 1.165) is 32.1 Å². The maximum Gasteiger partial charge on any atom is 0.310 e. The van der Waals surface area contributed by atoms with Crippen LogP contribution in [0.3, 0.4) is 0 Å². The van der Waals surface area contributed by atoms with Crippen LogP contribution >= 0.6 is 0 Å². The number of aliphatic carboxylic acids is 1. The highest BCUT2D eigenvalue weighted by Gasteiger charge is 2.70. The molecule has 5 aliphatic carbocycles. The summed E-state index contributed by atoms with van der Waals surface area (Å²) in [5, 5.41) is 42.8. The van der Waals surface area contributed by atoms with Gasteiger partial charge in [-0.3, -0.25) is 4.79 Å².